The van der Waals surface area contributed by atoms with Gasteiger partial charge in [-0.05, 0) is 32.1 Å². The van der Waals surface area contributed by atoms with Crippen LogP contribution in [-0.4, -0.2) is 49.3 Å². The summed E-state index contributed by atoms with van der Waals surface area (Å²) in [6.07, 6.45) is 42.8. The number of hydrogen-bond donors (Lipinski definition) is 2. The average molecular weight is 754 g/mol. The number of ether oxygens (including phenoxy) is 2. The van der Waals surface area contributed by atoms with Gasteiger partial charge in [0.25, 0.3) is 0 Å². The molecule has 0 aliphatic heterocycles. The lowest BCUT2D eigenvalue weighted by Gasteiger charge is -2.19. The molecule has 0 aliphatic carbocycles. The number of esters is 2. The molecule has 0 radical (unpaired) electrons. The summed E-state index contributed by atoms with van der Waals surface area (Å²) in [5, 5.41) is 0. The van der Waals surface area contributed by atoms with Crippen LogP contribution in [-0.2, 0) is 32.7 Å². The molecule has 0 saturated carbocycles. The highest BCUT2D eigenvalue weighted by Crippen LogP contribution is 2.43. The molecule has 10 heteroatoms. The largest absolute Gasteiger partial charge is 0.472 e. The molecular formula is C42H76NO8P. The monoisotopic (exact) mass is 754 g/mol. The Morgan fingerprint density at radius 1 is 0.596 bits per heavy atom. The fourth-order valence-corrected chi connectivity index (χ4v) is 6.29. The molecule has 0 amide bonds. The van der Waals surface area contributed by atoms with Gasteiger partial charge in [-0.25, -0.2) is 4.57 Å². The van der Waals surface area contributed by atoms with Crippen molar-refractivity contribution in [2.24, 2.45) is 5.73 Å². The van der Waals surface area contributed by atoms with Crippen LogP contribution < -0.4 is 5.73 Å². The normalized spacial score (nSPS) is 13.8. The quantitative estimate of drug-likeness (QED) is 0.0273. The molecule has 1 unspecified atom stereocenters. The molecule has 3 N–H and O–H groups in total. The Morgan fingerprint density at radius 3 is 1.58 bits per heavy atom. The lowest BCUT2D eigenvalue weighted by molar-refractivity contribution is -0.161. The van der Waals surface area contributed by atoms with E-state index in [0.29, 0.717) is 12.8 Å². The number of rotatable bonds is 38. The van der Waals surface area contributed by atoms with Crippen molar-refractivity contribution < 1.29 is 37.6 Å². The first kappa shape index (κ1) is 50.0. The van der Waals surface area contributed by atoms with Crippen LogP contribution in [0.25, 0.3) is 0 Å². The number of hydrogen-bond acceptors (Lipinski definition) is 8. The number of phosphoric ester groups is 1. The Morgan fingerprint density at radius 2 is 1.06 bits per heavy atom. The summed E-state index contributed by atoms with van der Waals surface area (Å²) in [5.74, 6) is -0.854. The van der Waals surface area contributed by atoms with E-state index in [1.165, 1.54) is 83.5 Å². The first-order valence-corrected chi connectivity index (χ1v) is 22.2. The summed E-state index contributed by atoms with van der Waals surface area (Å²) in [6, 6.07) is 0. The SMILES string of the molecule is CC/C=C/C=C/C=C/C=C/CCCCCCCC(=O)OC[C@H](COP(=O)(O)OCCN)OC(=O)CCCCCCCCCCCCCCCCCC. The van der Waals surface area contributed by atoms with Crippen molar-refractivity contribution in [3.8, 4) is 0 Å². The second-order valence-corrected chi connectivity index (χ2v) is 15.0. The maximum absolute atomic E-state index is 12.6. The van der Waals surface area contributed by atoms with Crippen LogP contribution in [0.5, 0.6) is 0 Å². The van der Waals surface area contributed by atoms with Gasteiger partial charge in [0.15, 0.2) is 6.10 Å². The lowest BCUT2D eigenvalue weighted by atomic mass is 10.0. The summed E-state index contributed by atoms with van der Waals surface area (Å²) in [7, 11) is -4.38. The van der Waals surface area contributed by atoms with Crippen LogP contribution in [0.2, 0.25) is 0 Å². The van der Waals surface area contributed by atoms with Crippen molar-refractivity contribution >= 4 is 19.8 Å². The fraction of sp³-hybridized carbons (Fsp3) is 0.762. The van der Waals surface area contributed by atoms with Gasteiger partial charge in [-0.3, -0.25) is 18.6 Å². The maximum atomic E-state index is 12.6. The molecule has 0 fully saturated rings. The average Bonchev–Trinajstić information content (AvgIpc) is 3.13. The highest BCUT2D eigenvalue weighted by Gasteiger charge is 2.26. The van der Waals surface area contributed by atoms with Crippen molar-refractivity contribution in [2.45, 2.75) is 180 Å². The van der Waals surface area contributed by atoms with Gasteiger partial charge in [0.1, 0.15) is 6.61 Å². The van der Waals surface area contributed by atoms with E-state index in [1.54, 1.807) is 0 Å². The predicted molar refractivity (Wildman–Crippen MR) is 215 cm³/mol. The number of phosphoric acid groups is 1. The Hall–Kier alpha value is -2.03. The van der Waals surface area contributed by atoms with E-state index < -0.39 is 32.5 Å². The predicted octanol–water partition coefficient (Wildman–Crippen LogP) is 11.6. The van der Waals surface area contributed by atoms with Gasteiger partial charge in [0.2, 0.25) is 0 Å². The van der Waals surface area contributed by atoms with Crippen LogP contribution in [0.1, 0.15) is 174 Å². The number of allylic oxidation sites excluding steroid dienone is 8. The molecule has 0 aromatic rings. The number of carbonyl (C=O) groups is 2. The van der Waals surface area contributed by atoms with Crippen LogP contribution in [0.3, 0.4) is 0 Å². The smallest absolute Gasteiger partial charge is 0.462 e. The van der Waals surface area contributed by atoms with Crippen molar-refractivity contribution in [3.63, 3.8) is 0 Å². The van der Waals surface area contributed by atoms with Gasteiger partial charge in [0, 0.05) is 19.4 Å². The molecule has 0 spiro atoms. The molecule has 2 atom stereocenters. The van der Waals surface area contributed by atoms with E-state index in [9.17, 15) is 19.0 Å². The van der Waals surface area contributed by atoms with E-state index in [1.807, 2.05) is 30.4 Å². The minimum Gasteiger partial charge on any atom is -0.462 e. The van der Waals surface area contributed by atoms with Crippen LogP contribution in [0.4, 0.5) is 0 Å². The van der Waals surface area contributed by atoms with Crippen molar-refractivity contribution in [1.29, 1.82) is 0 Å². The standard InChI is InChI=1S/C42H76NO8P/c1-3-5-7-9-11-13-15-17-19-21-23-25-27-29-31-33-35-42(45)51-40(39-50-52(46,47)49-37-36-43)38-48-41(44)34-32-30-28-26-24-22-20-18-16-14-12-10-8-6-4-2/h6,8,10,12,14,16,18,20,40H,3-5,7,9,11,13,15,17,19,21-39,43H2,1-2H3,(H,46,47)/b8-6+,12-10+,16-14+,20-18+/t40-/m1/s1. The van der Waals surface area contributed by atoms with Gasteiger partial charge >= 0.3 is 19.8 Å². The Labute approximate surface area is 317 Å². The summed E-state index contributed by atoms with van der Waals surface area (Å²) < 4.78 is 32.7. The number of unbranched alkanes of at least 4 members (excludes halogenated alkanes) is 20. The van der Waals surface area contributed by atoms with Crippen LogP contribution >= 0.6 is 7.82 Å². The molecule has 0 aliphatic rings. The molecule has 0 aromatic heterocycles. The molecule has 9 nitrogen and oxygen atoms in total. The molecular weight excluding hydrogens is 677 g/mol. The molecule has 0 rings (SSSR count). The third kappa shape index (κ3) is 37.7. The van der Waals surface area contributed by atoms with Gasteiger partial charge in [-0.1, -0.05) is 178 Å². The Kier molecular flexibility index (Phi) is 37.2. The number of nitrogens with two attached hydrogens (primary N) is 1. The third-order valence-corrected chi connectivity index (χ3v) is 9.56. The topological polar surface area (TPSA) is 134 Å². The van der Waals surface area contributed by atoms with Crippen molar-refractivity contribution in [2.75, 3.05) is 26.4 Å². The zero-order chi connectivity index (χ0) is 38.2. The molecule has 302 valence electrons. The van der Waals surface area contributed by atoms with Crippen LogP contribution in [0.15, 0.2) is 48.6 Å². The second-order valence-electron chi connectivity index (χ2n) is 13.6. The zero-order valence-electron chi connectivity index (χ0n) is 33.0. The van der Waals surface area contributed by atoms with E-state index in [-0.39, 0.29) is 32.6 Å². The fourth-order valence-electron chi connectivity index (χ4n) is 5.53. The van der Waals surface area contributed by atoms with E-state index in [2.05, 4.69) is 32.1 Å². The minimum absolute atomic E-state index is 0.0491. The van der Waals surface area contributed by atoms with Gasteiger partial charge in [0.05, 0.1) is 13.2 Å². The van der Waals surface area contributed by atoms with Gasteiger partial charge in [-0.15, -0.1) is 0 Å². The minimum atomic E-state index is -4.38. The van der Waals surface area contributed by atoms with Crippen molar-refractivity contribution in [3.05, 3.63) is 48.6 Å². The van der Waals surface area contributed by atoms with Gasteiger partial charge in [-0.2, -0.15) is 0 Å². The summed E-state index contributed by atoms with van der Waals surface area (Å²) in [6.45, 7) is 3.57. The first-order valence-electron chi connectivity index (χ1n) is 20.7. The summed E-state index contributed by atoms with van der Waals surface area (Å²) in [4.78, 5) is 34.8. The molecule has 0 heterocycles. The summed E-state index contributed by atoms with van der Waals surface area (Å²) in [5.41, 5.74) is 5.34. The highest BCUT2D eigenvalue weighted by molar-refractivity contribution is 7.47. The molecule has 0 bridgehead atoms. The summed E-state index contributed by atoms with van der Waals surface area (Å²) >= 11 is 0. The molecule has 0 saturated heterocycles. The lowest BCUT2D eigenvalue weighted by Crippen LogP contribution is -2.29. The third-order valence-electron chi connectivity index (χ3n) is 8.57. The van der Waals surface area contributed by atoms with Crippen molar-refractivity contribution in [1.82, 2.24) is 0 Å². The molecule has 0 aromatic carbocycles. The highest BCUT2D eigenvalue weighted by atomic mass is 31.2. The van der Waals surface area contributed by atoms with E-state index >= 15 is 0 Å². The van der Waals surface area contributed by atoms with E-state index in [0.717, 1.165) is 51.4 Å². The zero-order valence-corrected chi connectivity index (χ0v) is 33.9. The Bertz CT molecular complexity index is 996. The maximum Gasteiger partial charge on any atom is 0.472 e. The van der Waals surface area contributed by atoms with Crippen LogP contribution in [0, 0.1) is 0 Å². The number of carbonyl (C=O) groups excluding carboxylic acids is 2. The van der Waals surface area contributed by atoms with E-state index in [4.69, 9.17) is 24.3 Å². The Balaban J connectivity index is 4.21. The molecule has 52 heavy (non-hydrogen) atoms. The van der Waals surface area contributed by atoms with Gasteiger partial charge < -0.3 is 20.1 Å². The second kappa shape index (κ2) is 38.7. The first-order chi connectivity index (χ1) is 25.3.